The van der Waals surface area contributed by atoms with Gasteiger partial charge >= 0.3 is 0 Å². The summed E-state index contributed by atoms with van der Waals surface area (Å²) in [4.78, 5) is 13.0. The second kappa shape index (κ2) is 7.03. The molecule has 1 saturated heterocycles. The van der Waals surface area contributed by atoms with Crippen molar-refractivity contribution in [2.45, 2.75) is 32.6 Å². The van der Waals surface area contributed by atoms with E-state index in [-0.39, 0.29) is 11.7 Å². The van der Waals surface area contributed by atoms with Crippen molar-refractivity contribution in [3.63, 3.8) is 0 Å². The van der Waals surface area contributed by atoms with Crippen LogP contribution in [0.5, 0.6) is 0 Å². The number of rotatable bonds is 3. The van der Waals surface area contributed by atoms with Crippen LogP contribution in [0.2, 0.25) is 0 Å². The molecule has 0 atom stereocenters. The van der Waals surface area contributed by atoms with Gasteiger partial charge < -0.3 is 9.32 Å². The summed E-state index contributed by atoms with van der Waals surface area (Å²) in [5.41, 5.74) is 3.26. The van der Waals surface area contributed by atoms with E-state index in [0.717, 1.165) is 24.0 Å². The van der Waals surface area contributed by atoms with Crippen molar-refractivity contribution >= 4 is 19.2 Å². The molecule has 0 spiro atoms. The maximum absolute atomic E-state index is 11.3. The molecule has 2 aromatic rings. The van der Waals surface area contributed by atoms with Crippen molar-refractivity contribution < 1.29 is 9.21 Å². The van der Waals surface area contributed by atoms with E-state index in [1.807, 2.05) is 44.2 Å². The standard InChI is InChI=1S/C18H20BN3O2/c1-12(2)16-20-21-17(24-16)15(13-6-4-3-5-7-13)14-8-10-22(11-9-14)18(19)23/h3-7,12H,8-11H2,1-2H3. The Morgan fingerprint density at radius 2 is 1.83 bits per heavy atom. The second-order valence-electron chi connectivity index (χ2n) is 6.27. The molecular weight excluding hydrogens is 301 g/mol. The number of amides is 1. The molecule has 0 saturated carbocycles. The van der Waals surface area contributed by atoms with E-state index < -0.39 is 0 Å². The molecule has 24 heavy (non-hydrogen) atoms. The first kappa shape index (κ1) is 16.5. The molecule has 3 rings (SSSR count). The van der Waals surface area contributed by atoms with Crippen molar-refractivity contribution in [2.75, 3.05) is 13.1 Å². The molecule has 1 aliphatic heterocycles. The van der Waals surface area contributed by atoms with Gasteiger partial charge in [0.05, 0.1) is 0 Å². The number of carbonyl (C=O) groups excluding carboxylic acids is 1. The maximum atomic E-state index is 11.3. The van der Waals surface area contributed by atoms with Gasteiger partial charge in [-0.3, -0.25) is 4.79 Å². The van der Waals surface area contributed by atoms with Crippen LogP contribution < -0.4 is 0 Å². The summed E-state index contributed by atoms with van der Waals surface area (Å²) in [5, 5.41) is 8.43. The molecule has 0 N–H and O–H groups in total. The van der Waals surface area contributed by atoms with Gasteiger partial charge in [-0.15, -0.1) is 10.2 Å². The van der Waals surface area contributed by atoms with E-state index in [1.165, 1.54) is 5.57 Å². The van der Waals surface area contributed by atoms with Gasteiger partial charge in [0, 0.05) is 24.6 Å². The molecule has 1 aromatic carbocycles. The fraction of sp³-hybridized carbons (Fsp3) is 0.389. The van der Waals surface area contributed by atoms with Crippen molar-refractivity contribution in [2.24, 2.45) is 0 Å². The number of benzene rings is 1. The van der Waals surface area contributed by atoms with Gasteiger partial charge in [-0.2, -0.15) is 0 Å². The third-order valence-corrected chi connectivity index (χ3v) is 4.24. The van der Waals surface area contributed by atoms with Crippen LogP contribution >= 0.6 is 0 Å². The molecule has 5 nitrogen and oxygen atoms in total. The Morgan fingerprint density at radius 1 is 1.17 bits per heavy atom. The summed E-state index contributed by atoms with van der Waals surface area (Å²) < 4.78 is 5.90. The average Bonchev–Trinajstić information content (AvgIpc) is 3.06. The molecule has 1 fully saturated rings. The van der Waals surface area contributed by atoms with Crippen LogP contribution in [0.1, 0.15) is 50.0 Å². The van der Waals surface area contributed by atoms with E-state index in [0.29, 0.717) is 24.9 Å². The highest BCUT2D eigenvalue weighted by atomic mass is 16.4. The summed E-state index contributed by atoms with van der Waals surface area (Å²) >= 11 is 0. The summed E-state index contributed by atoms with van der Waals surface area (Å²) in [5.74, 6) is 1.00. The highest BCUT2D eigenvalue weighted by Gasteiger charge is 2.23. The van der Waals surface area contributed by atoms with Crippen LogP contribution in [-0.4, -0.2) is 41.8 Å². The fourth-order valence-corrected chi connectivity index (χ4v) is 2.90. The summed E-state index contributed by atoms with van der Waals surface area (Å²) in [6, 6.07) is 10.1. The topological polar surface area (TPSA) is 59.2 Å². The molecular formula is C18H20BN3O2. The zero-order valence-electron chi connectivity index (χ0n) is 14.0. The lowest BCUT2D eigenvalue weighted by atomic mass is 9.92. The molecule has 1 aliphatic rings. The van der Waals surface area contributed by atoms with Gasteiger partial charge in [0.25, 0.3) is 0 Å². The SMILES string of the molecule is [B]C(=O)N1CCC(=C(c2ccccc2)c2nnc(C(C)C)o2)CC1. The Bertz CT molecular complexity index is 743. The first-order chi connectivity index (χ1) is 11.6. The van der Waals surface area contributed by atoms with E-state index in [4.69, 9.17) is 12.3 Å². The number of nitrogens with zero attached hydrogens (tertiary/aromatic N) is 3. The molecule has 2 heterocycles. The Morgan fingerprint density at radius 3 is 2.38 bits per heavy atom. The van der Waals surface area contributed by atoms with Crippen LogP contribution in [-0.2, 0) is 0 Å². The molecule has 122 valence electrons. The van der Waals surface area contributed by atoms with Gasteiger partial charge in [-0.05, 0) is 18.4 Å². The number of hydrogen-bond acceptors (Lipinski definition) is 4. The molecule has 0 bridgehead atoms. The monoisotopic (exact) mass is 321 g/mol. The number of hydrogen-bond donors (Lipinski definition) is 0. The van der Waals surface area contributed by atoms with E-state index in [9.17, 15) is 4.79 Å². The smallest absolute Gasteiger partial charge is 0.248 e. The number of carbonyl (C=O) groups is 1. The van der Waals surface area contributed by atoms with Crippen LogP contribution in [0.15, 0.2) is 40.3 Å². The Hall–Kier alpha value is -2.37. The third-order valence-electron chi connectivity index (χ3n) is 4.24. The molecule has 1 amide bonds. The molecule has 2 radical (unpaired) electrons. The largest absolute Gasteiger partial charge is 0.420 e. The Kier molecular flexibility index (Phi) is 4.83. The van der Waals surface area contributed by atoms with Crippen molar-refractivity contribution in [3.05, 3.63) is 53.2 Å². The van der Waals surface area contributed by atoms with Crippen LogP contribution in [0.25, 0.3) is 5.57 Å². The van der Waals surface area contributed by atoms with Crippen molar-refractivity contribution in [3.8, 4) is 0 Å². The lowest BCUT2D eigenvalue weighted by molar-refractivity contribution is 0.217. The van der Waals surface area contributed by atoms with Gasteiger partial charge in [0.15, 0.2) is 5.81 Å². The zero-order valence-corrected chi connectivity index (χ0v) is 14.0. The summed E-state index contributed by atoms with van der Waals surface area (Å²) in [6.45, 7) is 5.29. The van der Waals surface area contributed by atoms with Gasteiger partial charge in [-0.25, -0.2) is 0 Å². The molecule has 0 aliphatic carbocycles. The lowest BCUT2D eigenvalue weighted by Gasteiger charge is -2.29. The van der Waals surface area contributed by atoms with E-state index in [2.05, 4.69) is 10.2 Å². The summed E-state index contributed by atoms with van der Waals surface area (Å²) in [6.07, 6.45) is 1.51. The number of likely N-dealkylation sites (tertiary alicyclic amines) is 1. The first-order valence-corrected chi connectivity index (χ1v) is 8.22. The van der Waals surface area contributed by atoms with Crippen LogP contribution in [0.4, 0.5) is 4.79 Å². The fourth-order valence-electron chi connectivity index (χ4n) is 2.90. The molecule has 0 unspecified atom stereocenters. The maximum Gasteiger partial charge on any atom is 0.248 e. The highest BCUT2D eigenvalue weighted by Crippen LogP contribution is 2.32. The second-order valence-corrected chi connectivity index (χ2v) is 6.27. The molecule has 1 aromatic heterocycles. The minimum Gasteiger partial charge on any atom is -0.420 e. The predicted octanol–water partition coefficient (Wildman–Crippen LogP) is 3.38. The number of aromatic nitrogens is 2. The van der Waals surface area contributed by atoms with Gasteiger partial charge in [-0.1, -0.05) is 49.8 Å². The normalized spacial score (nSPS) is 15.0. The van der Waals surface area contributed by atoms with Crippen LogP contribution in [0.3, 0.4) is 0 Å². The van der Waals surface area contributed by atoms with Crippen molar-refractivity contribution in [1.29, 1.82) is 0 Å². The third kappa shape index (κ3) is 3.42. The van der Waals surface area contributed by atoms with Gasteiger partial charge in [0.2, 0.25) is 19.6 Å². The van der Waals surface area contributed by atoms with E-state index >= 15 is 0 Å². The average molecular weight is 321 g/mol. The minimum absolute atomic E-state index is 0.185. The lowest BCUT2D eigenvalue weighted by Crippen LogP contribution is -2.35. The Balaban J connectivity index is 2.00. The minimum atomic E-state index is -0.366. The van der Waals surface area contributed by atoms with Crippen molar-refractivity contribution in [1.82, 2.24) is 15.1 Å². The van der Waals surface area contributed by atoms with Gasteiger partial charge in [0.1, 0.15) is 0 Å². The molecule has 6 heteroatoms. The highest BCUT2D eigenvalue weighted by molar-refractivity contribution is 6.56. The Labute approximate surface area is 143 Å². The van der Waals surface area contributed by atoms with E-state index in [1.54, 1.807) is 4.90 Å². The first-order valence-electron chi connectivity index (χ1n) is 8.22. The summed E-state index contributed by atoms with van der Waals surface area (Å²) in [7, 11) is 5.38. The van der Waals surface area contributed by atoms with Crippen LogP contribution in [0, 0.1) is 0 Å². The number of piperidine rings is 1. The predicted molar refractivity (Wildman–Crippen MR) is 92.8 cm³/mol. The zero-order chi connectivity index (χ0) is 17.1. The quantitative estimate of drug-likeness (QED) is 0.813.